The number of rotatable bonds is 7. The van der Waals surface area contributed by atoms with Crippen molar-refractivity contribution < 1.29 is 18.3 Å². The SMILES string of the molecule is CSCCNS(=O)(=O)c1c(C)cc(C)c(CC(=O)O)c1C. The summed E-state index contributed by atoms with van der Waals surface area (Å²) in [5, 5.41) is 8.98. The minimum atomic E-state index is -3.63. The molecule has 0 aromatic heterocycles. The first-order chi connectivity index (χ1) is 9.70. The molecule has 7 heteroatoms. The Kier molecular flexibility index (Phi) is 6.24. The Morgan fingerprint density at radius 1 is 1.29 bits per heavy atom. The third-order valence-electron chi connectivity index (χ3n) is 3.26. The van der Waals surface area contributed by atoms with E-state index in [1.807, 2.05) is 6.26 Å². The molecule has 5 nitrogen and oxygen atoms in total. The molecule has 1 aromatic rings. The van der Waals surface area contributed by atoms with Gasteiger partial charge in [-0.25, -0.2) is 13.1 Å². The van der Waals surface area contributed by atoms with Crippen LogP contribution < -0.4 is 4.72 Å². The average molecular weight is 331 g/mol. The first-order valence-electron chi connectivity index (χ1n) is 6.50. The second-order valence-corrected chi connectivity index (χ2v) is 7.59. The van der Waals surface area contributed by atoms with Gasteiger partial charge in [0.15, 0.2) is 0 Å². The van der Waals surface area contributed by atoms with E-state index in [9.17, 15) is 13.2 Å². The highest BCUT2D eigenvalue weighted by molar-refractivity contribution is 7.98. The van der Waals surface area contributed by atoms with Gasteiger partial charge in [-0.2, -0.15) is 11.8 Å². The lowest BCUT2D eigenvalue weighted by Crippen LogP contribution is -2.28. The van der Waals surface area contributed by atoms with Crippen LogP contribution in [0.2, 0.25) is 0 Å². The normalized spacial score (nSPS) is 11.6. The molecule has 0 aliphatic rings. The summed E-state index contributed by atoms with van der Waals surface area (Å²) < 4.78 is 27.4. The monoisotopic (exact) mass is 331 g/mol. The second-order valence-electron chi connectivity index (χ2n) is 4.90. The molecule has 0 unspecified atom stereocenters. The Balaban J connectivity index is 3.32. The predicted molar refractivity (Wildman–Crippen MR) is 85.6 cm³/mol. The summed E-state index contributed by atoms with van der Waals surface area (Å²) in [6.45, 7) is 5.55. The van der Waals surface area contributed by atoms with Crippen LogP contribution in [0.5, 0.6) is 0 Å². The molecule has 1 rings (SSSR count). The third-order valence-corrected chi connectivity index (χ3v) is 5.62. The molecule has 1 aromatic carbocycles. The topological polar surface area (TPSA) is 83.5 Å². The average Bonchev–Trinajstić information content (AvgIpc) is 2.33. The first kappa shape index (κ1) is 18.0. The van der Waals surface area contributed by atoms with Crippen molar-refractivity contribution in [2.24, 2.45) is 0 Å². The zero-order valence-corrected chi connectivity index (χ0v) is 14.3. The van der Waals surface area contributed by atoms with Crippen LogP contribution in [0.25, 0.3) is 0 Å². The number of hydrogen-bond acceptors (Lipinski definition) is 4. The van der Waals surface area contributed by atoms with E-state index in [4.69, 9.17) is 5.11 Å². The largest absolute Gasteiger partial charge is 0.481 e. The minimum Gasteiger partial charge on any atom is -0.481 e. The van der Waals surface area contributed by atoms with Crippen LogP contribution in [0.3, 0.4) is 0 Å². The van der Waals surface area contributed by atoms with Crippen molar-refractivity contribution in [3.05, 3.63) is 28.3 Å². The molecule has 0 bridgehead atoms. The van der Waals surface area contributed by atoms with Crippen molar-refractivity contribution in [2.75, 3.05) is 18.6 Å². The van der Waals surface area contributed by atoms with E-state index in [-0.39, 0.29) is 11.3 Å². The molecular formula is C14H21NO4S2. The summed E-state index contributed by atoms with van der Waals surface area (Å²) in [4.78, 5) is 11.2. The van der Waals surface area contributed by atoms with Gasteiger partial charge in [-0.05, 0) is 49.3 Å². The van der Waals surface area contributed by atoms with Gasteiger partial charge in [0.05, 0.1) is 11.3 Å². The van der Waals surface area contributed by atoms with Crippen LogP contribution in [0, 0.1) is 20.8 Å². The number of carbonyl (C=O) groups is 1. The summed E-state index contributed by atoms with van der Waals surface area (Å²) in [5.41, 5.74) is 2.52. The lowest BCUT2D eigenvalue weighted by molar-refractivity contribution is -0.136. The van der Waals surface area contributed by atoms with Crippen molar-refractivity contribution in [3.63, 3.8) is 0 Å². The lowest BCUT2D eigenvalue weighted by atomic mass is 9.97. The fraction of sp³-hybridized carbons (Fsp3) is 0.500. The van der Waals surface area contributed by atoms with Gasteiger partial charge < -0.3 is 5.11 Å². The molecule has 0 spiro atoms. The van der Waals surface area contributed by atoms with Gasteiger partial charge in [0, 0.05) is 12.3 Å². The zero-order valence-electron chi connectivity index (χ0n) is 12.7. The molecule has 0 amide bonds. The molecule has 0 aliphatic heterocycles. The lowest BCUT2D eigenvalue weighted by Gasteiger charge is -2.17. The molecule has 0 atom stereocenters. The molecule has 0 saturated carbocycles. The van der Waals surface area contributed by atoms with Crippen LogP contribution in [-0.2, 0) is 21.2 Å². The van der Waals surface area contributed by atoms with Gasteiger partial charge >= 0.3 is 5.97 Å². The number of aliphatic carboxylic acids is 1. The van der Waals surface area contributed by atoms with E-state index in [1.54, 1.807) is 38.6 Å². The number of nitrogens with one attached hydrogen (secondary N) is 1. The number of aryl methyl sites for hydroxylation is 2. The Bertz CT molecular complexity index is 639. The van der Waals surface area contributed by atoms with Crippen molar-refractivity contribution in [3.8, 4) is 0 Å². The quantitative estimate of drug-likeness (QED) is 0.745. The summed E-state index contributed by atoms with van der Waals surface area (Å²) in [5.74, 6) is -0.283. The van der Waals surface area contributed by atoms with Crippen molar-refractivity contribution in [2.45, 2.75) is 32.1 Å². The van der Waals surface area contributed by atoms with Crippen LogP contribution in [0.4, 0.5) is 0 Å². The number of thioether (sulfide) groups is 1. The zero-order chi connectivity index (χ0) is 16.2. The van der Waals surface area contributed by atoms with Crippen molar-refractivity contribution in [1.29, 1.82) is 0 Å². The van der Waals surface area contributed by atoms with Gasteiger partial charge in [-0.3, -0.25) is 4.79 Å². The molecule has 118 valence electrons. The smallest absolute Gasteiger partial charge is 0.307 e. The number of hydrogen-bond donors (Lipinski definition) is 2. The number of sulfonamides is 1. The maximum absolute atomic E-state index is 12.4. The van der Waals surface area contributed by atoms with Gasteiger partial charge in [-0.15, -0.1) is 0 Å². The maximum atomic E-state index is 12.4. The van der Waals surface area contributed by atoms with Gasteiger partial charge in [0.25, 0.3) is 0 Å². The van der Waals surface area contributed by atoms with Crippen molar-refractivity contribution >= 4 is 27.8 Å². The van der Waals surface area contributed by atoms with Crippen LogP contribution >= 0.6 is 11.8 Å². The molecule has 0 radical (unpaired) electrons. The van der Waals surface area contributed by atoms with Crippen LogP contribution in [0.15, 0.2) is 11.0 Å². The van der Waals surface area contributed by atoms with Crippen molar-refractivity contribution in [1.82, 2.24) is 4.72 Å². The standard InChI is InChI=1S/C14H21NO4S2/c1-9-7-10(2)14(11(3)12(9)8-13(16)17)21(18,19)15-5-6-20-4/h7,15H,5-6,8H2,1-4H3,(H,16,17). The van der Waals surface area contributed by atoms with E-state index < -0.39 is 16.0 Å². The van der Waals surface area contributed by atoms with E-state index >= 15 is 0 Å². The van der Waals surface area contributed by atoms with Gasteiger partial charge in [0.2, 0.25) is 10.0 Å². The molecule has 0 saturated heterocycles. The Morgan fingerprint density at radius 2 is 1.90 bits per heavy atom. The van der Waals surface area contributed by atoms with E-state index in [0.29, 0.717) is 29.0 Å². The number of benzene rings is 1. The summed E-state index contributed by atoms with van der Waals surface area (Å²) in [7, 11) is -3.63. The fourth-order valence-electron chi connectivity index (χ4n) is 2.39. The highest BCUT2D eigenvalue weighted by atomic mass is 32.2. The number of carboxylic acids is 1. The van der Waals surface area contributed by atoms with Crippen LogP contribution in [-0.4, -0.2) is 38.0 Å². The Morgan fingerprint density at radius 3 is 2.43 bits per heavy atom. The maximum Gasteiger partial charge on any atom is 0.307 e. The van der Waals surface area contributed by atoms with E-state index in [1.165, 1.54) is 0 Å². The summed E-state index contributed by atoms with van der Waals surface area (Å²) in [6.07, 6.45) is 1.73. The molecular weight excluding hydrogens is 310 g/mol. The van der Waals surface area contributed by atoms with Gasteiger partial charge in [-0.1, -0.05) is 6.07 Å². The highest BCUT2D eigenvalue weighted by Gasteiger charge is 2.23. The number of carboxylic acid groups (broad SMARTS) is 1. The summed E-state index contributed by atoms with van der Waals surface area (Å²) in [6, 6.07) is 1.73. The third kappa shape index (κ3) is 4.46. The van der Waals surface area contributed by atoms with E-state index in [0.717, 1.165) is 5.56 Å². The highest BCUT2D eigenvalue weighted by Crippen LogP contribution is 2.26. The fourth-order valence-corrected chi connectivity index (χ4v) is 4.35. The first-order valence-corrected chi connectivity index (χ1v) is 9.38. The Labute approximate surface area is 130 Å². The minimum absolute atomic E-state index is 0.175. The molecule has 0 heterocycles. The molecule has 21 heavy (non-hydrogen) atoms. The second kappa shape index (κ2) is 7.29. The molecule has 0 aliphatic carbocycles. The predicted octanol–water partition coefficient (Wildman–Crippen LogP) is 1.88. The van der Waals surface area contributed by atoms with Crippen LogP contribution in [0.1, 0.15) is 22.3 Å². The van der Waals surface area contributed by atoms with E-state index in [2.05, 4.69) is 4.72 Å². The van der Waals surface area contributed by atoms with Gasteiger partial charge in [0.1, 0.15) is 0 Å². The summed E-state index contributed by atoms with van der Waals surface area (Å²) >= 11 is 1.56. The molecule has 2 N–H and O–H groups in total. The Hall–Kier alpha value is -1.05. The molecule has 0 fully saturated rings.